The van der Waals surface area contributed by atoms with Gasteiger partial charge in [0.25, 0.3) is 0 Å². The van der Waals surface area contributed by atoms with Gasteiger partial charge in [-0.05, 0) is 48.0 Å². The molecule has 0 saturated carbocycles. The van der Waals surface area contributed by atoms with Crippen molar-refractivity contribution in [1.82, 2.24) is 14.8 Å². The molecule has 0 radical (unpaired) electrons. The second-order valence-corrected chi connectivity index (χ2v) is 6.01. The van der Waals surface area contributed by atoms with E-state index < -0.39 is 0 Å². The lowest BCUT2D eigenvalue weighted by atomic mass is 10.2. The molecule has 1 aromatic heterocycles. The quantitative estimate of drug-likeness (QED) is 0.699. The topological polar surface area (TPSA) is 30.7 Å². The SMILES string of the molecule is CC(C)n1c(CBr)nnc1-c1ccc(Cl)cc1Br. The summed E-state index contributed by atoms with van der Waals surface area (Å²) in [5.41, 5.74) is 0.993. The molecule has 0 atom stereocenters. The highest BCUT2D eigenvalue weighted by Gasteiger charge is 2.17. The van der Waals surface area contributed by atoms with Crippen molar-refractivity contribution in [2.24, 2.45) is 0 Å². The fourth-order valence-electron chi connectivity index (χ4n) is 1.81. The van der Waals surface area contributed by atoms with Crippen LogP contribution in [0.3, 0.4) is 0 Å². The molecule has 0 unspecified atom stereocenters. The largest absolute Gasteiger partial charge is 0.308 e. The van der Waals surface area contributed by atoms with E-state index in [1.54, 1.807) is 0 Å². The summed E-state index contributed by atoms with van der Waals surface area (Å²) in [7, 11) is 0. The van der Waals surface area contributed by atoms with Crippen LogP contribution < -0.4 is 0 Å². The molecule has 6 heteroatoms. The Kier molecular flexibility index (Phi) is 4.45. The number of aromatic nitrogens is 3. The molecule has 0 aliphatic heterocycles. The zero-order valence-corrected chi connectivity index (χ0v) is 13.9. The van der Waals surface area contributed by atoms with Crippen molar-refractivity contribution in [1.29, 1.82) is 0 Å². The molecule has 1 heterocycles. The van der Waals surface area contributed by atoms with Gasteiger partial charge in [0.1, 0.15) is 5.82 Å². The molecule has 0 aliphatic carbocycles. The lowest BCUT2D eigenvalue weighted by molar-refractivity contribution is 0.586. The van der Waals surface area contributed by atoms with E-state index in [2.05, 4.69) is 60.5 Å². The maximum Gasteiger partial charge on any atom is 0.165 e. The number of hydrogen-bond acceptors (Lipinski definition) is 2. The third kappa shape index (κ3) is 2.63. The normalized spacial score (nSPS) is 11.2. The summed E-state index contributed by atoms with van der Waals surface area (Å²) in [5.74, 6) is 1.77. The molecule has 96 valence electrons. The van der Waals surface area contributed by atoms with Crippen LogP contribution in [0.2, 0.25) is 5.02 Å². The number of nitrogens with zero attached hydrogens (tertiary/aromatic N) is 3. The Bertz CT molecular complexity index is 566. The molecule has 0 aliphatic rings. The zero-order chi connectivity index (χ0) is 13.3. The van der Waals surface area contributed by atoms with Crippen LogP contribution in [0.15, 0.2) is 22.7 Å². The second-order valence-electron chi connectivity index (χ2n) is 4.16. The van der Waals surface area contributed by atoms with Crippen LogP contribution in [0.25, 0.3) is 11.4 Å². The number of benzene rings is 1. The van der Waals surface area contributed by atoms with Crippen molar-refractivity contribution in [3.05, 3.63) is 33.5 Å². The van der Waals surface area contributed by atoms with Crippen molar-refractivity contribution in [3.8, 4) is 11.4 Å². The van der Waals surface area contributed by atoms with Crippen LogP contribution in [0.5, 0.6) is 0 Å². The predicted molar refractivity (Wildman–Crippen MR) is 81.2 cm³/mol. The van der Waals surface area contributed by atoms with E-state index in [9.17, 15) is 0 Å². The molecular weight excluding hydrogens is 381 g/mol. The minimum absolute atomic E-state index is 0.296. The molecule has 0 N–H and O–H groups in total. The average Bonchev–Trinajstić information content (AvgIpc) is 2.72. The molecule has 2 rings (SSSR count). The first-order valence-electron chi connectivity index (χ1n) is 5.49. The number of hydrogen-bond donors (Lipinski definition) is 0. The third-order valence-corrected chi connectivity index (χ3v) is 3.97. The lowest BCUT2D eigenvalue weighted by Gasteiger charge is -2.14. The first-order valence-corrected chi connectivity index (χ1v) is 7.79. The lowest BCUT2D eigenvalue weighted by Crippen LogP contribution is -2.07. The van der Waals surface area contributed by atoms with Crippen LogP contribution in [-0.2, 0) is 5.33 Å². The maximum absolute atomic E-state index is 5.96. The Balaban J connectivity index is 2.60. The average molecular weight is 394 g/mol. The van der Waals surface area contributed by atoms with E-state index in [-0.39, 0.29) is 0 Å². The summed E-state index contributed by atoms with van der Waals surface area (Å²) in [6.45, 7) is 4.23. The van der Waals surface area contributed by atoms with Crippen LogP contribution in [-0.4, -0.2) is 14.8 Å². The van der Waals surface area contributed by atoms with Crippen LogP contribution in [0.1, 0.15) is 25.7 Å². The molecule has 0 spiro atoms. The van der Waals surface area contributed by atoms with Gasteiger partial charge in [-0.1, -0.05) is 27.5 Å². The zero-order valence-electron chi connectivity index (χ0n) is 9.99. The smallest absolute Gasteiger partial charge is 0.165 e. The van der Waals surface area contributed by atoms with Crippen LogP contribution in [0, 0.1) is 0 Å². The fourth-order valence-corrected chi connectivity index (χ4v) is 3.05. The van der Waals surface area contributed by atoms with Gasteiger partial charge in [0.15, 0.2) is 5.82 Å². The summed E-state index contributed by atoms with van der Waals surface area (Å²) >= 11 is 12.9. The Labute approximate surface area is 128 Å². The van der Waals surface area contributed by atoms with Gasteiger partial charge in [0.05, 0.1) is 5.33 Å². The summed E-state index contributed by atoms with van der Waals surface area (Å²) in [6, 6.07) is 5.97. The Morgan fingerprint density at radius 3 is 2.61 bits per heavy atom. The van der Waals surface area contributed by atoms with Crippen molar-refractivity contribution in [2.45, 2.75) is 25.2 Å². The Morgan fingerprint density at radius 1 is 1.33 bits per heavy atom. The van der Waals surface area contributed by atoms with Crippen LogP contribution >= 0.6 is 43.5 Å². The van der Waals surface area contributed by atoms with E-state index >= 15 is 0 Å². The summed E-state index contributed by atoms with van der Waals surface area (Å²) in [5, 5.41) is 9.87. The maximum atomic E-state index is 5.96. The first kappa shape index (κ1) is 14.0. The second kappa shape index (κ2) is 5.72. The van der Waals surface area contributed by atoms with Gasteiger partial charge in [-0.3, -0.25) is 0 Å². The van der Waals surface area contributed by atoms with E-state index in [1.807, 2.05) is 18.2 Å². The molecule has 3 nitrogen and oxygen atoms in total. The van der Waals surface area contributed by atoms with Gasteiger partial charge in [0.2, 0.25) is 0 Å². The fraction of sp³-hybridized carbons (Fsp3) is 0.333. The van der Waals surface area contributed by atoms with E-state index in [1.165, 1.54) is 0 Å². The molecule has 0 bridgehead atoms. The highest BCUT2D eigenvalue weighted by atomic mass is 79.9. The summed E-state index contributed by atoms with van der Waals surface area (Å²) in [6.07, 6.45) is 0. The molecule has 0 fully saturated rings. The molecule has 0 amide bonds. The van der Waals surface area contributed by atoms with Gasteiger partial charge < -0.3 is 4.57 Å². The van der Waals surface area contributed by atoms with E-state index in [0.717, 1.165) is 21.7 Å². The minimum atomic E-state index is 0.296. The standard InChI is InChI=1S/C12H12Br2ClN3/c1-7(2)18-11(6-13)16-17-12(18)9-4-3-8(15)5-10(9)14/h3-5,7H,6H2,1-2H3. The third-order valence-electron chi connectivity index (χ3n) is 2.57. The molecule has 0 saturated heterocycles. The van der Waals surface area contributed by atoms with Crippen molar-refractivity contribution >= 4 is 43.5 Å². The minimum Gasteiger partial charge on any atom is -0.308 e. The highest BCUT2D eigenvalue weighted by Crippen LogP contribution is 2.31. The van der Waals surface area contributed by atoms with Gasteiger partial charge in [-0.25, -0.2) is 0 Å². The Hall–Kier alpha value is -0.390. The van der Waals surface area contributed by atoms with E-state index in [4.69, 9.17) is 11.6 Å². The van der Waals surface area contributed by atoms with Gasteiger partial charge >= 0.3 is 0 Å². The molecular formula is C12H12Br2ClN3. The van der Waals surface area contributed by atoms with Crippen molar-refractivity contribution in [3.63, 3.8) is 0 Å². The summed E-state index contributed by atoms with van der Waals surface area (Å²) in [4.78, 5) is 0. The molecule has 1 aromatic carbocycles. The van der Waals surface area contributed by atoms with E-state index in [0.29, 0.717) is 16.4 Å². The molecule has 18 heavy (non-hydrogen) atoms. The highest BCUT2D eigenvalue weighted by molar-refractivity contribution is 9.10. The predicted octanol–water partition coefficient (Wildman–Crippen LogP) is 4.84. The molecule has 2 aromatic rings. The van der Waals surface area contributed by atoms with Crippen molar-refractivity contribution < 1.29 is 0 Å². The Morgan fingerprint density at radius 2 is 2.06 bits per heavy atom. The van der Waals surface area contributed by atoms with Crippen molar-refractivity contribution in [2.75, 3.05) is 0 Å². The van der Waals surface area contributed by atoms with Crippen LogP contribution in [0.4, 0.5) is 0 Å². The monoisotopic (exact) mass is 391 g/mol. The number of rotatable bonds is 3. The first-order chi connectivity index (χ1) is 8.54. The van der Waals surface area contributed by atoms with Gasteiger partial charge in [-0.15, -0.1) is 10.2 Å². The number of alkyl halides is 1. The van der Waals surface area contributed by atoms with Gasteiger partial charge in [0, 0.05) is 21.1 Å². The van der Waals surface area contributed by atoms with Gasteiger partial charge in [-0.2, -0.15) is 0 Å². The number of halogens is 3. The summed E-state index contributed by atoms with van der Waals surface area (Å²) < 4.78 is 3.04.